The molecule has 1 aromatic rings. The first-order valence-electron chi connectivity index (χ1n) is 6.33. The Labute approximate surface area is 101 Å². The summed E-state index contributed by atoms with van der Waals surface area (Å²) in [5, 5.41) is 9.57. The van der Waals surface area contributed by atoms with E-state index in [2.05, 4.69) is 15.5 Å². The molecule has 0 amide bonds. The Hall–Kier alpha value is -1.13. The highest BCUT2D eigenvalue weighted by Gasteiger charge is 2.30. The molecule has 3 rings (SSSR count). The largest absolute Gasteiger partial charge is 0.392 e. The van der Waals surface area contributed by atoms with Crippen molar-refractivity contribution in [2.45, 2.75) is 38.0 Å². The Balaban J connectivity index is 1.74. The van der Waals surface area contributed by atoms with E-state index in [1.165, 1.54) is 5.69 Å². The van der Waals surface area contributed by atoms with Crippen molar-refractivity contribution in [3.05, 3.63) is 23.5 Å². The first kappa shape index (κ1) is 11.0. The van der Waals surface area contributed by atoms with Crippen LogP contribution in [-0.2, 0) is 13.0 Å². The van der Waals surface area contributed by atoms with E-state index in [4.69, 9.17) is 0 Å². The number of fused-ring (bicyclic) bond motifs is 1. The third kappa shape index (κ3) is 1.91. The second kappa shape index (κ2) is 4.27. The summed E-state index contributed by atoms with van der Waals surface area (Å²) in [6.07, 6.45) is 3.77. The molecule has 2 atom stereocenters. The minimum absolute atomic E-state index is 0.144. The molecule has 0 aromatic carbocycles. The number of hydrogen-bond acceptors (Lipinski definition) is 3. The second-order valence-corrected chi connectivity index (χ2v) is 5.10. The van der Waals surface area contributed by atoms with Crippen LogP contribution < -0.4 is 0 Å². The summed E-state index contributed by atoms with van der Waals surface area (Å²) < 4.78 is 2.12. The molecule has 1 fully saturated rings. The van der Waals surface area contributed by atoms with E-state index in [1.807, 2.05) is 6.07 Å². The lowest BCUT2D eigenvalue weighted by atomic mass is 10.0. The van der Waals surface area contributed by atoms with Gasteiger partial charge in [-0.05, 0) is 25.0 Å². The van der Waals surface area contributed by atoms with Gasteiger partial charge in [0.15, 0.2) is 6.29 Å². The van der Waals surface area contributed by atoms with Gasteiger partial charge in [-0.15, -0.1) is 0 Å². The number of aldehydes is 1. The van der Waals surface area contributed by atoms with Crippen LogP contribution in [0.2, 0.25) is 0 Å². The van der Waals surface area contributed by atoms with Crippen molar-refractivity contribution in [2.75, 3.05) is 13.1 Å². The highest BCUT2D eigenvalue weighted by molar-refractivity contribution is 5.72. The minimum atomic E-state index is -0.144. The van der Waals surface area contributed by atoms with E-state index in [9.17, 15) is 9.90 Å². The number of aliphatic hydroxyl groups excluding tert-OH is 1. The fourth-order valence-corrected chi connectivity index (χ4v) is 3.11. The molecule has 17 heavy (non-hydrogen) atoms. The first-order chi connectivity index (χ1) is 8.28. The van der Waals surface area contributed by atoms with Gasteiger partial charge in [0.05, 0.1) is 11.8 Å². The van der Waals surface area contributed by atoms with Crippen molar-refractivity contribution in [3.8, 4) is 0 Å². The number of β-amino-alcohol motifs (C(OH)–C–C–N with tert-alkyl or cyclic N) is 1. The van der Waals surface area contributed by atoms with Crippen molar-refractivity contribution in [2.24, 2.45) is 0 Å². The lowest BCUT2D eigenvalue weighted by Gasteiger charge is -2.32. The summed E-state index contributed by atoms with van der Waals surface area (Å²) in [5.74, 6) is 0. The van der Waals surface area contributed by atoms with Gasteiger partial charge < -0.3 is 9.67 Å². The monoisotopic (exact) mass is 234 g/mol. The number of likely N-dealkylation sites (tertiary alicyclic amines) is 1. The maximum atomic E-state index is 10.9. The van der Waals surface area contributed by atoms with Crippen LogP contribution in [0.15, 0.2) is 12.1 Å². The molecule has 3 heterocycles. The summed E-state index contributed by atoms with van der Waals surface area (Å²) in [6.45, 7) is 2.74. The second-order valence-electron chi connectivity index (χ2n) is 5.10. The number of aliphatic hydroxyl groups is 1. The van der Waals surface area contributed by atoms with Crippen molar-refractivity contribution in [1.29, 1.82) is 0 Å². The van der Waals surface area contributed by atoms with Crippen molar-refractivity contribution >= 4 is 6.29 Å². The summed E-state index contributed by atoms with van der Waals surface area (Å²) in [5.41, 5.74) is 2.05. The fourth-order valence-electron chi connectivity index (χ4n) is 3.11. The average Bonchev–Trinajstić information content (AvgIpc) is 2.94. The molecular formula is C13H18N2O2. The van der Waals surface area contributed by atoms with E-state index < -0.39 is 0 Å². The maximum Gasteiger partial charge on any atom is 0.166 e. The van der Waals surface area contributed by atoms with Gasteiger partial charge in [-0.3, -0.25) is 9.69 Å². The number of carbonyl (C=O) groups is 1. The van der Waals surface area contributed by atoms with Crippen LogP contribution in [0, 0.1) is 0 Å². The molecule has 0 saturated carbocycles. The molecule has 4 nitrogen and oxygen atoms in total. The van der Waals surface area contributed by atoms with Gasteiger partial charge in [0.1, 0.15) is 0 Å². The number of rotatable bonds is 2. The SMILES string of the molecule is O=Cc1ccc2n1CCC(N1CCC(O)C1)C2. The smallest absolute Gasteiger partial charge is 0.166 e. The standard InChI is InChI=1S/C13H18N2O2/c16-9-12-2-1-11-7-10(3-6-15(11)12)14-5-4-13(17)8-14/h1-2,9-10,13,17H,3-8H2. The number of aromatic nitrogens is 1. The van der Waals surface area contributed by atoms with Gasteiger partial charge in [-0.2, -0.15) is 0 Å². The lowest BCUT2D eigenvalue weighted by Crippen LogP contribution is -2.39. The zero-order chi connectivity index (χ0) is 11.8. The van der Waals surface area contributed by atoms with Crippen LogP contribution in [0.5, 0.6) is 0 Å². The number of hydrogen-bond donors (Lipinski definition) is 1. The van der Waals surface area contributed by atoms with E-state index in [0.717, 1.165) is 50.9 Å². The third-order valence-corrected chi connectivity index (χ3v) is 4.07. The average molecular weight is 234 g/mol. The molecule has 1 saturated heterocycles. The van der Waals surface area contributed by atoms with E-state index >= 15 is 0 Å². The zero-order valence-corrected chi connectivity index (χ0v) is 9.88. The van der Waals surface area contributed by atoms with Gasteiger partial charge >= 0.3 is 0 Å². The quantitative estimate of drug-likeness (QED) is 0.765. The van der Waals surface area contributed by atoms with Crippen LogP contribution in [-0.4, -0.2) is 46.1 Å². The van der Waals surface area contributed by atoms with Crippen LogP contribution in [0.3, 0.4) is 0 Å². The fraction of sp³-hybridized carbons (Fsp3) is 0.615. The molecule has 0 aliphatic carbocycles. The Kier molecular flexibility index (Phi) is 2.76. The molecule has 1 N–H and O–H groups in total. The van der Waals surface area contributed by atoms with Crippen LogP contribution in [0.25, 0.3) is 0 Å². The third-order valence-electron chi connectivity index (χ3n) is 4.07. The Morgan fingerprint density at radius 1 is 1.29 bits per heavy atom. The Morgan fingerprint density at radius 3 is 2.88 bits per heavy atom. The van der Waals surface area contributed by atoms with Gasteiger partial charge in [-0.25, -0.2) is 0 Å². The predicted octanol–water partition coefficient (Wildman–Crippen LogP) is 0.682. The van der Waals surface area contributed by atoms with Crippen LogP contribution >= 0.6 is 0 Å². The molecule has 0 spiro atoms. The topological polar surface area (TPSA) is 45.5 Å². The summed E-state index contributed by atoms with van der Waals surface area (Å²) in [7, 11) is 0. The van der Waals surface area contributed by atoms with Gasteiger partial charge in [-0.1, -0.05) is 0 Å². The number of carbonyl (C=O) groups excluding carboxylic acids is 1. The number of nitrogens with zero attached hydrogens (tertiary/aromatic N) is 2. The molecular weight excluding hydrogens is 216 g/mol. The Morgan fingerprint density at radius 2 is 2.18 bits per heavy atom. The predicted molar refractivity (Wildman–Crippen MR) is 64.1 cm³/mol. The molecule has 0 bridgehead atoms. The van der Waals surface area contributed by atoms with E-state index in [1.54, 1.807) is 0 Å². The van der Waals surface area contributed by atoms with Gasteiger partial charge in [0, 0.05) is 37.8 Å². The molecule has 2 aliphatic rings. The molecule has 2 unspecified atom stereocenters. The molecule has 2 aliphatic heterocycles. The molecule has 0 radical (unpaired) electrons. The summed E-state index contributed by atoms with van der Waals surface area (Å²) in [6, 6.07) is 4.50. The maximum absolute atomic E-state index is 10.9. The highest BCUT2D eigenvalue weighted by atomic mass is 16.3. The minimum Gasteiger partial charge on any atom is -0.392 e. The lowest BCUT2D eigenvalue weighted by molar-refractivity contribution is 0.111. The first-order valence-corrected chi connectivity index (χ1v) is 6.33. The van der Waals surface area contributed by atoms with Crippen molar-refractivity contribution in [3.63, 3.8) is 0 Å². The van der Waals surface area contributed by atoms with Gasteiger partial charge in [0.25, 0.3) is 0 Å². The summed E-state index contributed by atoms with van der Waals surface area (Å²) in [4.78, 5) is 13.2. The van der Waals surface area contributed by atoms with E-state index in [-0.39, 0.29) is 6.10 Å². The highest BCUT2D eigenvalue weighted by Crippen LogP contribution is 2.24. The van der Waals surface area contributed by atoms with Gasteiger partial charge in [0.2, 0.25) is 0 Å². The molecule has 1 aromatic heterocycles. The van der Waals surface area contributed by atoms with Crippen molar-refractivity contribution in [1.82, 2.24) is 9.47 Å². The zero-order valence-electron chi connectivity index (χ0n) is 9.88. The van der Waals surface area contributed by atoms with Crippen molar-refractivity contribution < 1.29 is 9.90 Å². The van der Waals surface area contributed by atoms with Crippen LogP contribution in [0.1, 0.15) is 29.0 Å². The summed E-state index contributed by atoms with van der Waals surface area (Å²) >= 11 is 0. The normalized spacial score (nSPS) is 29.2. The molecule has 4 heteroatoms. The Bertz CT molecular complexity index is 427. The molecule has 92 valence electrons. The van der Waals surface area contributed by atoms with E-state index in [0.29, 0.717) is 6.04 Å². The van der Waals surface area contributed by atoms with Crippen LogP contribution in [0.4, 0.5) is 0 Å².